The van der Waals surface area contributed by atoms with Crippen LogP contribution in [0.4, 0.5) is 4.79 Å². The first-order valence-corrected chi connectivity index (χ1v) is 6.23. The monoisotopic (exact) mass is 235 g/mol. The van der Waals surface area contributed by atoms with E-state index in [0.717, 1.165) is 24.8 Å². The van der Waals surface area contributed by atoms with Gasteiger partial charge in [-0.1, -0.05) is 50.6 Å². The third-order valence-corrected chi connectivity index (χ3v) is 2.66. The highest BCUT2D eigenvalue weighted by Crippen LogP contribution is 2.03. The molecule has 1 aromatic carbocycles. The number of nitrogens with one attached hydrogen (secondary N) is 1. The Morgan fingerprint density at radius 2 is 2.00 bits per heavy atom. The summed E-state index contributed by atoms with van der Waals surface area (Å²) < 4.78 is 5.16. The minimum Gasteiger partial charge on any atom is -0.445 e. The molecule has 17 heavy (non-hydrogen) atoms. The molecule has 1 atom stereocenters. The van der Waals surface area contributed by atoms with E-state index in [0.29, 0.717) is 6.61 Å². The fraction of sp³-hybridized carbons (Fsp3) is 0.500. The summed E-state index contributed by atoms with van der Waals surface area (Å²) in [4.78, 5) is 11.5. The highest BCUT2D eigenvalue weighted by atomic mass is 16.5. The van der Waals surface area contributed by atoms with Crippen LogP contribution >= 0.6 is 0 Å². The Labute approximate surface area is 103 Å². The normalized spacial score (nSPS) is 11.9. The quantitative estimate of drug-likeness (QED) is 0.819. The molecule has 1 aromatic rings. The fourth-order valence-corrected chi connectivity index (χ4v) is 1.66. The molecule has 0 saturated heterocycles. The van der Waals surface area contributed by atoms with Crippen LogP contribution in [-0.4, -0.2) is 12.1 Å². The molecule has 94 valence electrons. The van der Waals surface area contributed by atoms with E-state index < -0.39 is 0 Å². The molecule has 0 spiro atoms. The number of alkyl carbamates (subject to hydrolysis) is 1. The van der Waals surface area contributed by atoms with E-state index in [2.05, 4.69) is 19.2 Å². The van der Waals surface area contributed by atoms with Gasteiger partial charge >= 0.3 is 6.09 Å². The van der Waals surface area contributed by atoms with Crippen LogP contribution in [0.2, 0.25) is 0 Å². The van der Waals surface area contributed by atoms with E-state index in [1.807, 2.05) is 30.3 Å². The summed E-state index contributed by atoms with van der Waals surface area (Å²) in [6.45, 7) is 4.51. The maximum Gasteiger partial charge on any atom is 0.407 e. The Morgan fingerprint density at radius 1 is 1.29 bits per heavy atom. The Bertz CT molecular complexity index is 324. The molecule has 0 aliphatic rings. The minimum atomic E-state index is -0.325. The van der Waals surface area contributed by atoms with Crippen molar-refractivity contribution >= 4 is 6.09 Å². The molecule has 1 rings (SSSR count). The number of hydrogen-bond acceptors (Lipinski definition) is 2. The highest BCUT2D eigenvalue weighted by Gasteiger charge is 2.09. The van der Waals surface area contributed by atoms with Gasteiger partial charge in [-0.15, -0.1) is 0 Å². The molecule has 0 aliphatic heterocycles. The topological polar surface area (TPSA) is 38.3 Å². The molecule has 0 saturated carbocycles. The van der Waals surface area contributed by atoms with Gasteiger partial charge in [0.25, 0.3) is 0 Å². The SMILES string of the molecule is CCCC(CC)NC(=O)OCc1ccccc1. The van der Waals surface area contributed by atoms with E-state index in [1.54, 1.807) is 0 Å². The van der Waals surface area contributed by atoms with Crippen LogP contribution in [0.25, 0.3) is 0 Å². The molecule has 3 nitrogen and oxygen atoms in total. The van der Waals surface area contributed by atoms with Crippen LogP contribution in [0, 0.1) is 0 Å². The van der Waals surface area contributed by atoms with Crippen LogP contribution in [0.1, 0.15) is 38.7 Å². The van der Waals surface area contributed by atoms with Gasteiger partial charge in [-0.25, -0.2) is 4.79 Å². The second-order valence-corrected chi connectivity index (χ2v) is 4.10. The number of rotatable bonds is 6. The number of benzene rings is 1. The lowest BCUT2D eigenvalue weighted by molar-refractivity contribution is 0.134. The van der Waals surface area contributed by atoms with E-state index in [4.69, 9.17) is 4.74 Å². The van der Waals surface area contributed by atoms with Gasteiger partial charge in [0.15, 0.2) is 0 Å². The molecule has 0 bridgehead atoms. The average molecular weight is 235 g/mol. The summed E-state index contributed by atoms with van der Waals surface area (Å²) in [6, 6.07) is 9.92. The van der Waals surface area contributed by atoms with Gasteiger partial charge in [0.1, 0.15) is 6.61 Å². The van der Waals surface area contributed by atoms with Crippen LogP contribution in [0.15, 0.2) is 30.3 Å². The molecule has 0 aromatic heterocycles. The van der Waals surface area contributed by atoms with Crippen molar-refractivity contribution in [2.24, 2.45) is 0 Å². The average Bonchev–Trinajstić information content (AvgIpc) is 2.37. The smallest absolute Gasteiger partial charge is 0.407 e. The second-order valence-electron chi connectivity index (χ2n) is 4.10. The van der Waals surface area contributed by atoms with Gasteiger partial charge in [0.05, 0.1) is 0 Å². The van der Waals surface area contributed by atoms with Gasteiger partial charge in [-0.05, 0) is 18.4 Å². The zero-order chi connectivity index (χ0) is 12.5. The molecule has 1 amide bonds. The van der Waals surface area contributed by atoms with E-state index in [9.17, 15) is 4.79 Å². The van der Waals surface area contributed by atoms with Crippen molar-refractivity contribution in [1.29, 1.82) is 0 Å². The number of ether oxygens (including phenoxy) is 1. The number of hydrogen-bond donors (Lipinski definition) is 1. The number of carbonyl (C=O) groups is 1. The Hall–Kier alpha value is -1.51. The molecule has 3 heteroatoms. The van der Waals surface area contributed by atoms with Crippen molar-refractivity contribution < 1.29 is 9.53 Å². The predicted molar refractivity (Wildman–Crippen MR) is 68.7 cm³/mol. The lowest BCUT2D eigenvalue weighted by Crippen LogP contribution is -2.34. The van der Waals surface area contributed by atoms with E-state index in [-0.39, 0.29) is 12.1 Å². The van der Waals surface area contributed by atoms with Gasteiger partial charge in [0, 0.05) is 6.04 Å². The molecule has 1 unspecified atom stereocenters. The second kappa shape index (κ2) is 7.71. The summed E-state index contributed by atoms with van der Waals surface area (Å²) in [7, 11) is 0. The van der Waals surface area contributed by atoms with E-state index >= 15 is 0 Å². The maximum absolute atomic E-state index is 11.5. The van der Waals surface area contributed by atoms with Gasteiger partial charge < -0.3 is 10.1 Å². The zero-order valence-corrected chi connectivity index (χ0v) is 10.6. The van der Waals surface area contributed by atoms with Crippen molar-refractivity contribution in [2.45, 2.75) is 45.8 Å². The molecule has 0 radical (unpaired) electrons. The maximum atomic E-state index is 11.5. The minimum absolute atomic E-state index is 0.225. The lowest BCUT2D eigenvalue weighted by atomic mass is 10.1. The van der Waals surface area contributed by atoms with E-state index in [1.165, 1.54) is 0 Å². The molecular weight excluding hydrogens is 214 g/mol. The first kappa shape index (κ1) is 13.6. The molecule has 0 aliphatic carbocycles. The van der Waals surface area contributed by atoms with Crippen LogP contribution in [-0.2, 0) is 11.3 Å². The first-order chi connectivity index (χ1) is 8.26. The summed E-state index contributed by atoms with van der Waals surface area (Å²) in [5.74, 6) is 0. The highest BCUT2D eigenvalue weighted by molar-refractivity contribution is 5.67. The molecule has 0 heterocycles. The fourth-order valence-electron chi connectivity index (χ4n) is 1.66. The number of carbonyl (C=O) groups excluding carboxylic acids is 1. The van der Waals surface area contributed by atoms with Crippen molar-refractivity contribution in [1.82, 2.24) is 5.32 Å². The van der Waals surface area contributed by atoms with Crippen LogP contribution in [0.5, 0.6) is 0 Å². The van der Waals surface area contributed by atoms with Crippen LogP contribution in [0.3, 0.4) is 0 Å². The summed E-state index contributed by atoms with van der Waals surface area (Å²) in [5, 5.41) is 2.88. The van der Waals surface area contributed by atoms with Crippen LogP contribution < -0.4 is 5.32 Å². The first-order valence-electron chi connectivity index (χ1n) is 6.23. The van der Waals surface area contributed by atoms with Crippen molar-refractivity contribution in [3.05, 3.63) is 35.9 Å². The Balaban J connectivity index is 2.30. The van der Waals surface area contributed by atoms with Gasteiger partial charge in [-0.3, -0.25) is 0 Å². The largest absolute Gasteiger partial charge is 0.445 e. The lowest BCUT2D eigenvalue weighted by Gasteiger charge is -2.15. The van der Waals surface area contributed by atoms with Crippen molar-refractivity contribution in [2.75, 3.05) is 0 Å². The zero-order valence-electron chi connectivity index (χ0n) is 10.6. The summed E-state index contributed by atoms with van der Waals surface area (Å²) in [6.07, 6.45) is 2.68. The number of amides is 1. The predicted octanol–water partition coefficient (Wildman–Crippen LogP) is 3.49. The standard InChI is InChI=1S/C14H21NO2/c1-3-8-13(4-2)15-14(16)17-11-12-9-6-5-7-10-12/h5-7,9-10,13H,3-4,8,11H2,1-2H3,(H,15,16). The molecular formula is C14H21NO2. The molecule has 0 fully saturated rings. The Morgan fingerprint density at radius 3 is 2.59 bits per heavy atom. The summed E-state index contributed by atoms with van der Waals surface area (Å²) >= 11 is 0. The van der Waals surface area contributed by atoms with Crippen molar-refractivity contribution in [3.8, 4) is 0 Å². The van der Waals surface area contributed by atoms with Crippen molar-refractivity contribution in [3.63, 3.8) is 0 Å². The van der Waals surface area contributed by atoms with Gasteiger partial charge in [0.2, 0.25) is 0 Å². The molecule has 1 N–H and O–H groups in total. The third kappa shape index (κ3) is 5.38. The summed E-state index contributed by atoms with van der Waals surface area (Å²) in [5.41, 5.74) is 1.01. The third-order valence-electron chi connectivity index (χ3n) is 2.66. The Kier molecular flexibility index (Phi) is 6.15. The van der Waals surface area contributed by atoms with Gasteiger partial charge in [-0.2, -0.15) is 0 Å².